The minimum absolute atomic E-state index is 0.0635. The molecule has 2 aromatic carbocycles. The molecule has 0 spiro atoms. The van der Waals surface area contributed by atoms with E-state index in [1.807, 2.05) is 24.3 Å². The van der Waals surface area contributed by atoms with Gasteiger partial charge in [0.05, 0.1) is 11.4 Å². The van der Waals surface area contributed by atoms with Crippen LogP contribution in [-0.4, -0.2) is 32.2 Å². The number of ketones is 2. The van der Waals surface area contributed by atoms with E-state index in [2.05, 4.69) is 31.3 Å². The number of benzene rings is 2. The van der Waals surface area contributed by atoms with Gasteiger partial charge in [0.15, 0.2) is 11.6 Å². The summed E-state index contributed by atoms with van der Waals surface area (Å²) >= 11 is 0. The van der Waals surface area contributed by atoms with Crippen LogP contribution in [0.4, 0.5) is 11.4 Å². The van der Waals surface area contributed by atoms with Crippen molar-refractivity contribution in [2.45, 2.75) is 19.3 Å². The van der Waals surface area contributed by atoms with E-state index in [9.17, 15) is 14.9 Å². The zero-order chi connectivity index (χ0) is 22.3. The van der Waals surface area contributed by atoms with Crippen LogP contribution in [0, 0.1) is 11.3 Å². The number of aromatic nitrogens is 4. The van der Waals surface area contributed by atoms with Crippen LogP contribution in [0.15, 0.2) is 66.5 Å². The first kappa shape index (κ1) is 20.7. The zero-order valence-electron chi connectivity index (χ0n) is 17.0. The molecule has 9 nitrogen and oxygen atoms in total. The molecule has 1 aliphatic rings. The third-order valence-corrected chi connectivity index (χ3v) is 4.90. The van der Waals surface area contributed by atoms with Crippen molar-refractivity contribution in [3.8, 4) is 6.07 Å². The van der Waals surface area contributed by atoms with E-state index in [4.69, 9.17) is 0 Å². The zero-order valence-corrected chi connectivity index (χ0v) is 17.0. The van der Waals surface area contributed by atoms with Gasteiger partial charge in [-0.3, -0.25) is 9.59 Å². The van der Waals surface area contributed by atoms with Crippen LogP contribution in [0.25, 0.3) is 5.57 Å². The van der Waals surface area contributed by atoms with Gasteiger partial charge in [0.1, 0.15) is 11.6 Å². The summed E-state index contributed by atoms with van der Waals surface area (Å²) in [7, 11) is 0. The van der Waals surface area contributed by atoms with Crippen LogP contribution < -0.4 is 10.6 Å². The molecule has 1 aliphatic carbocycles. The van der Waals surface area contributed by atoms with Crippen LogP contribution >= 0.6 is 0 Å². The van der Waals surface area contributed by atoms with Gasteiger partial charge in [-0.05, 0) is 36.3 Å². The summed E-state index contributed by atoms with van der Waals surface area (Å²) in [5.41, 5.74) is 3.25. The highest BCUT2D eigenvalue weighted by Gasteiger charge is 2.15. The maximum atomic E-state index is 12.9. The number of carbonyl (C=O) groups excluding carboxylic acids is 2. The number of aromatic amines is 1. The number of hydrogen-bond acceptors (Lipinski definition) is 8. The Morgan fingerprint density at radius 1 is 1.09 bits per heavy atom. The van der Waals surface area contributed by atoms with Crippen molar-refractivity contribution < 1.29 is 9.59 Å². The number of carbonyl (C=O) groups is 2. The molecule has 1 heterocycles. The average Bonchev–Trinajstić information content (AvgIpc) is 3.35. The van der Waals surface area contributed by atoms with Crippen molar-refractivity contribution in [2.24, 2.45) is 0 Å². The lowest BCUT2D eigenvalue weighted by molar-refractivity contribution is -0.115. The molecule has 1 aromatic heterocycles. The number of tetrazole rings is 1. The standard InChI is InChI=1S/C23H19N7O2/c24-13-17(23-27-29-30-28-23)14-25-20-10-9-16(22(32)15-5-2-1-3-6-15)11-21(20)26-18-7-4-8-19(31)12-18/h1-3,5-6,9-12,14,25-26H,4,7-8H2,(H,27,28,29,30). The Kier molecular flexibility index (Phi) is 6.13. The van der Waals surface area contributed by atoms with Crippen molar-refractivity contribution in [2.75, 3.05) is 10.6 Å². The quantitative estimate of drug-likeness (QED) is 0.387. The largest absolute Gasteiger partial charge is 0.359 e. The van der Waals surface area contributed by atoms with E-state index >= 15 is 0 Å². The molecule has 32 heavy (non-hydrogen) atoms. The van der Waals surface area contributed by atoms with Crippen LogP contribution in [0.2, 0.25) is 0 Å². The van der Waals surface area contributed by atoms with Crippen molar-refractivity contribution in [1.82, 2.24) is 20.6 Å². The Balaban J connectivity index is 1.67. The molecule has 0 radical (unpaired) electrons. The molecule has 3 aromatic rings. The van der Waals surface area contributed by atoms with Gasteiger partial charge in [-0.2, -0.15) is 10.5 Å². The molecule has 0 amide bonds. The molecule has 0 saturated heterocycles. The third kappa shape index (κ3) is 4.76. The molecule has 0 bridgehead atoms. The van der Waals surface area contributed by atoms with Gasteiger partial charge in [-0.25, -0.2) is 0 Å². The fourth-order valence-electron chi connectivity index (χ4n) is 3.31. The highest BCUT2D eigenvalue weighted by molar-refractivity contribution is 6.10. The second kappa shape index (κ2) is 9.49. The number of allylic oxidation sites excluding steroid dienone is 3. The maximum Gasteiger partial charge on any atom is 0.216 e. The summed E-state index contributed by atoms with van der Waals surface area (Å²) in [4.78, 5) is 24.8. The second-order valence-electron chi connectivity index (χ2n) is 7.12. The van der Waals surface area contributed by atoms with Crippen LogP contribution in [-0.2, 0) is 4.79 Å². The van der Waals surface area contributed by atoms with Crippen LogP contribution in [0.3, 0.4) is 0 Å². The van der Waals surface area contributed by atoms with Crippen molar-refractivity contribution >= 4 is 28.5 Å². The van der Waals surface area contributed by atoms with E-state index in [0.29, 0.717) is 28.9 Å². The first-order chi connectivity index (χ1) is 15.6. The first-order valence-corrected chi connectivity index (χ1v) is 9.99. The molecule has 9 heteroatoms. The molecule has 0 atom stereocenters. The minimum Gasteiger partial charge on any atom is -0.359 e. The normalized spacial score (nSPS) is 13.8. The number of nitrogens with one attached hydrogen (secondary N) is 3. The highest BCUT2D eigenvalue weighted by Crippen LogP contribution is 2.28. The highest BCUT2D eigenvalue weighted by atomic mass is 16.1. The molecule has 0 aliphatic heterocycles. The number of hydrogen-bond donors (Lipinski definition) is 3. The lowest BCUT2D eigenvalue weighted by Gasteiger charge is -2.18. The van der Waals surface area contributed by atoms with Gasteiger partial charge in [-0.15, -0.1) is 10.2 Å². The number of H-pyrrole nitrogens is 1. The summed E-state index contributed by atoms with van der Waals surface area (Å²) < 4.78 is 0. The first-order valence-electron chi connectivity index (χ1n) is 9.99. The number of rotatable bonds is 7. The van der Waals surface area contributed by atoms with E-state index in [-0.39, 0.29) is 23.0 Å². The monoisotopic (exact) mass is 425 g/mol. The lowest BCUT2D eigenvalue weighted by Crippen LogP contribution is -2.11. The fraction of sp³-hybridized carbons (Fsp3) is 0.130. The van der Waals surface area contributed by atoms with Gasteiger partial charge in [-0.1, -0.05) is 30.3 Å². The molecule has 158 valence electrons. The van der Waals surface area contributed by atoms with Gasteiger partial charge in [0.25, 0.3) is 0 Å². The van der Waals surface area contributed by atoms with Gasteiger partial charge < -0.3 is 10.6 Å². The Labute approximate surface area is 183 Å². The fourth-order valence-corrected chi connectivity index (χ4v) is 3.31. The molecule has 0 saturated carbocycles. The summed E-state index contributed by atoms with van der Waals surface area (Å²) in [6, 6.07) is 16.2. The Hall–Kier alpha value is -4.58. The summed E-state index contributed by atoms with van der Waals surface area (Å²) in [5.74, 6) is 0.105. The maximum absolute atomic E-state index is 12.9. The van der Waals surface area contributed by atoms with E-state index < -0.39 is 0 Å². The number of nitriles is 1. The Bertz CT molecular complexity index is 1240. The van der Waals surface area contributed by atoms with Crippen LogP contribution in [0.5, 0.6) is 0 Å². The summed E-state index contributed by atoms with van der Waals surface area (Å²) in [6.07, 6.45) is 5.07. The molecular weight excluding hydrogens is 406 g/mol. The van der Waals surface area contributed by atoms with Gasteiger partial charge in [0, 0.05) is 35.5 Å². The minimum atomic E-state index is -0.117. The second-order valence-corrected chi connectivity index (χ2v) is 7.12. The smallest absolute Gasteiger partial charge is 0.216 e. The Morgan fingerprint density at radius 2 is 1.94 bits per heavy atom. The lowest BCUT2D eigenvalue weighted by atomic mass is 10.0. The predicted octanol–water partition coefficient (Wildman–Crippen LogP) is 3.46. The molecule has 0 unspecified atom stereocenters. The molecule has 3 N–H and O–H groups in total. The Morgan fingerprint density at radius 3 is 2.66 bits per heavy atom. The van der Waals surface area contributed by atoms with Gasteiger partial charge in [0.2, 0.25) is 5.82 Å². The number of nitrogens with zero attached hydrogens (tertiary/aromatic N) is 4. The molecule has 0 fully saturated rings. The summed E-state index contributed by atoms with van der Waals surface area (Å²) in [5, 5.41) is 29.1. The SMILES string of the molecule is N#CC(=CNc1ccc(C(=O)c2ccccc2)cc1NC1=CC(=O)CCC1)c1nn[nH]n1. The van der Waals surface area contributed by atoms with Crippen molar-refractivity contribution in [3.05, 3.63) is 83.5 Å². The summed E-state index contributed by atoms with van der Waals surface area (Å²) in [6.45, 7) is 0. The van der Waals surface area contributed by atoms with E-state index in [1.165, 1.54) is 6.20 Å². The molecular formula is C23H19N7O2. The topological polar surface area (TPSA) is 136 Å². The van der Waals surface area contributed by atoms with Gasteiger partial charge >= 0.3 is 0 Å². The van der Waals surface area contributed by atoms with Crippen molar-refractivity contribution in [1.29, 1.82) is 5.26 Å². The van der Waals surface area contributed by atoms with E-state index in [0.717, 1.165) is 18.5 Å². The van der Waals surface area contributed by atoms with Crippen LogP contribution in [0.1, 0.15) is 41.0 Å². The number of anilines is 2. The average molecular weight is 425 g/mol. The van der Waals surface area contributed by atoms with E-state index in [1.54, 1.807) is 36.4 Å². The third-order valence-electron chi connectivity index (χ3n) is 4.90. The molecule has 4 rings (SSSR count). The predicted molar refractivity (Wildman–Crippen MR) is 118 cm³/mol. The van der Waals surface area contributed by atoms with Crippen molar-refractivity contribution in [3.63, 3.8) is 0 Å².